The molecule has 0 bridgehead atoms. The molecule has 8 nitrogen and oxygen atoms in total. The first-order chi connectivity index (χ1) is 16.0. The average molecular weight is 481 g/mol. The molecule has 5 unspecified atom stereocenters. The quantitative estimate of drug-likeness (QED) is 0.452. The van der Waals surface area contributed by atoms with Gasteiger partial charge in [0.2, 0.25) is 0 Å². The van der Waals surface area contributed by atoms with Gasteiger partial charge in [-0.2, -0.15) is 0 Å². The van der Waals surface area contributed by atoms with Crippen LogP contribution in [-0.2, 0) is 19.1 Å². The number of carbonyl (C=O) groups is 2. The number of rotatable bonds is 3. The molecule has 0 amide bonds. The molecule has 5 aliphatic rings. The molecule has 34 heavy (non-hydrogen) atoms. The Morgan fingerprint density at radius 1 is 1.00 bits per heavy atom. The minimum atomic E-state index is -1.71. The zero-order valence-electron chi connectivity index (χ0n) is 20.4. The van der Waals surface area contributed by atoms with E-state index in [0.29, 0.717) is 35.4 Å². The van der Waals surface area contributed by atoms with Crippen LogP contribution in [0.2, 0.25) is 0 Å². The molecular formula is C26H40O8. The van der Waals surface area contributed by atoms with Crippen molar-refractivity contribution in [2.75, 3.05) is 0 Å². The maximum absolute atomic E-state index is 12.7. The number of aliphatic hydroxyl groups excluding tert-OH is 3. The molecule has 0 radical (unpaired) electrons. The smallest absolute Gasteiger partial charge is 0.335 e. The average Bonchev–Trinajstić information content (AvgIpc) is 3.09. The highest BCUT2D eigenvalue weighted by Gasteiger charge is 2.62. The summed E-state index contributed by atoms with van der Waals surface area (Å²) in [7, 11) is 0. The van der Waals surface area contributed by atoms with Gasteiger partial charge < -0.3 is 29.9 Å². The van der Waals surface area contributed by atoms with E-state index in [0.717, 1.165) is 51.4 Å². The lowest BCUT2D eigenvalue weighted by molar-refractivity contribution is -0.311. The lowest BCUT2D eigenvalue weighted by atomic mass is 9.43. The molecule has 0 aromatic heterocycles. The molecule has 1 aliphatic heterocycles. The van der Waals surface area contributed by atoms with E-state index >= 15 is 0 Å². The number of carboxylic acids is 1. The number of aliphatic hydroxyl groups is 3. The fourth-order valence-electron chi connectivity index (χ4n) is 8.91. The first-order valence-corrected chi connectivity index (χ1v) is 13.1. The second-order valence-corrected chi connectivity index (χ2v) is 12.3. The van der Waals surface area contributed by atoms with Gasteiger partial charge in [-0.25, -0.2) is 4.79 Å². The van der Waals surface area contributed by atoms with E-state index < -0.39 is 36.7 Å². The summed E-state index contributed by atoms with van der Waals surface area (Å²) < 4.78 is 11.5. The van der Waals surface area contributed by atoms with Gasteiger partial charge in [-0.05, 0) is 80.0 Å². The van der Waals surface area contributed by atoms with E-state index in [2.05, 4.69) is 20.8 Å². The van der Waals surface area contributed by atoms with Gasteiger partial charge in [-0.3, -0.25) is 4.79 Å². The maximum Gasteiger partial charge on any atom is 0.335 e. The minimum Gasteiger partial charge on any atom is -0.479 e. The van der Waals surface area contributed by atoms with E-state index in [9.17, 15) is 30.0 Å². The Morgan fingerprint density at radius 2 is 1.74 bits per heavy atom. The molecule has 192 valence electrons. The molecule has 5 rings (SSSR count). The van der Waals surface area contributed by atoms with Crippen LogP contribution in [0.4, 0.5) is 0 Å². The van der Waals surface area contributed by atoms with Gasteiger partial charge in [0.15, 0.2) is 12.4 Å². The zero-order valence-corrected chi connectivity index (χ0v) is 20.4. The molecule has 8 heteroatoms. The number of aliphatic carboxylic acids is 1. The van der Waals surface area contributed by atoms with Crippen molar-refractivity contribution in [3.05, 3.63) is 0 Å². The number of ether oxygens (including phenoxy) is 2. The molecule has 4 aliphatic carbocycles. The second-order valence-electron chi connectivity index (χ2n) is 12.3. The molecule has 13 atom stereocenters. The van der Waals surface area contributed by atoms with Gasteiger partial charge in [0.1, 0.15) is 24.1 Å². The number of carbonyl (C=O) groups excluding carboxylic acids is 1. The minimum absolute atomic E-state index is 0.130. The van der Waals surface area contributed by atoms with Crippen LogP contribution in [0.3, 0.4) is 0 Å². The van der Waals surface area contributed by atoms with Crippen LogP contribution in [0.25, 0.3) is 0 Å². The SMILES string of the molecule is C[C@H]1C[C@@H](O[C@@H]2OC(C(=O)O)[C@@H](O)[C@@H](O)C2O)C[C@@H]2CCC3C(CC[C@]4(C)C(=O)CCC34)[C@]21C. The third-order valence-electron chi connectivity index (χ3n) is 11.0. The predicted octanol–water partition coefficient (Wildman–Crippen LogP) is 2.12. The van der Waals surface area contributed by atoms with E-state index in [4.69, 9.17) is 9.47 Å². The van der Waals surface area contributed by atoms with Gasteiger partial charge in [0.05, 0.1) is 6.10 Å². The zero-order chi connectivity index (χ0) is 24.6. The molecule has 0 aromatic carbocycles. The molecule has 1 saturated heterocycles. The summed E-state index contributed by atoms with van der Waals surface area (Å²) in [6, 6.07) is 0. The fraction of sp³-hybridized carbons (Fsp3) is 0.923. The largest absolute Gasteiger partial charge is 0.479 e. The summed E-state index contributed by atoms with van der Waals surface area (Å²) in [6.45, 7) is 6.91. The number of Topliss-reactive ketones (excluding diaryl/α,β-unsaturated/α-hetero) is 1. The molecule has 5 fully saturated rings. The third-order valence-corrected chi connectivity index (χ3v) is 11.0. The Balaban J connectivity index is 1.30. The molecular weight excluding hydrogens is 440 g/mol. The van der Waals surface area contributed by atoms with Gasteiger partial charge in [-0.1, -0.05) is 20.8 Å². The van der Waals surface area contributed by atoms with Gasteiger partial charge in [0, 0.05) is 11.8 Å². The van der Waals surface area contributed by atoms with Crippen LogP contribution < -0.4 is 0 Å². The van der Waals surface area contributed by atoms with Crippen LogP contribution in [-0.4, -0.2) is 69.0 Å². The predicted molar refractivity (Wildman–Crippen MR) is 120 cm³/mol. The van der Waals surface area contributed by atoms with Gasteiger partial charge >= 0.3 is 5.97 Å². The third kappa shape index (κ3) is 3.51. The van der Waals surface area contributed by atoms with Crippen molar-refractivity contribution in [1.82, 2.24) is 0 Å². The number of hydrogen-bond donors (Lipinski definition) is 4. The van der Waals surface area contributed by atoms with E-state index in [1.54, 1.807) is 0 Å². The summed E-state index contributed by atoms with van der Waals surface area (Å²) in [4.78, 5) is 24.1. The van der Waals surface area contributed by atoms with Crippen molar-refractivity contribution in [3.8, 4) is 0 Å². The van der Waals surface area contributed by atoms with Crippen molar-refractivity contribution in [2.45, 2.75) is 109 Å². The lowest BCUT2D eigenvalue weighted by Gasteiger charge is -2.62. The fourth-order valence-corrected chi connectivity index (χ4v) is 8.91. The molecule has 4 N–H and O–H groups in total. The van der Waals surface area contributed by atoms with Crippen LogP contribution >= 0.6 is 0 Å². The first-order valence-electron chi connectivity index (χ1n) is 13.1. The Kier molecular flexibility index (Phi) is 6.16. The van der Waals surface area contributed by atoms with E-state index in [1.165, 1.54) is 0 Å². The highest BCUT2D eigenvalue weighted by Crippen LogP contribution is 2.66. The Bertz CT molecular complexity index is 832. The highest BCUT2D eigenvalue weighted by atomic mass is 16.7. The van der Waals surface area contributed by atoms with Crippen LogP contribution in [0.5, 0.6) is 0 Å². The summed E-state index contributed by atoms with van der Waals surface area (Å²) in [5, 5.41) is 39.8. The van der Waals surface area contributed by atoms with Gasteiger partial charge in [0.25, 0.3) is 0 Å². The number of carboxylic acid groups (broad SMARTS) is 1. The summed E-state index contributed by atoms with van der Waals surface area (Å²) in [5.74, 6) is 1.56. The topological polar surface area (TPSA) is 134 Å². The standard InChI is InChI=1S/C26H40O8/c1-12-10-14(33-24-21(30)19(28)20(29)22(34-24)23(31)32)11-13-4-5-15-16-6-7-18(27)25(16,2)9-8-17(15)26(12,13)3/h12-17,19-22,24,28-30H,4-11H2,1-3H3,(H,31,32)/t12-,13-,14+,15?,16?,17?,19+,20-,21?,22?,24+,25-,26-/m0/s1. The highest BCUT2D eigenvalue weighted by molar-refractivity contribution is 5.87. The number of fused-ring (bicyclic) bond motifs is 5. The van der Waals surface area contributed by atoms with Crippen molar-refractivity contribution < 1.29 is 39.5 Å². The Hall–Kier alpha value is -1.06. The lowest BCUT2D eigenvalue weighted by Crippen LogP contribution is -2.61. The maximum atomic E-state index is 12.7. The van der Waals surface area contributed by atoms with Gasteiger partial charge in [-0.15, -0.1) is 0 Å². The van der Waals surface area contributed by atoms with E-state index in [-0.39, 0.29) is 16.9 Å². The molecule has 0 aromatic rings. The van der Waals surface area contributed by atoms with Crippen molar-refractivity contribution in [1.29, 1.82) is 0 Å². The number of hydrogen-bond acceptors (Lipinski definition) is 7. The number of ketones is 1. The van der Waals surface area contributed by atoms with E-state index in [1.807, 2.05) is 0 Å². The molecule has 4 saturated carbocycles. The van der Waals surface area contributed by atoms with Crippen molar-refractivity contribution in [2.24, 2.45) is 40.4 Å². The van der Waals surface area contributed by atoms with Crippen molar-refractivity contribution in [3.63, 3.8) is 0 Å². The van der Waals surface area contributed by atoms with Crippen molar-refractivity contribution >= 4 is 11.8 Å². The second kappa shape index (κ2) is 8.51. The summed E-state index contributed by atoms with van der Waals surface area (Å²) in [5.41, 5.74) is 0.0234. The molecule has 0 spiro atoms. The molecule has 1 heterocycles. The van der Waals surface area contributed by atoms with Crippen LogP contribution in [0.1, 0.15) is 72.1 Å². The Morgan fingerprint density at radius 3 is 2.44 bits per heavy atom. The normalized spacial score (nSPS) is 55.2. The van der Waals surface area contributed by atoms with Crippen LogP contribution in [0.15, 0.2) is 0 Å². The first kappa shape index (κ1) is 24.6. The van der Waals surface area contributed by atoms with Crippen LogP contribution in [0, 0.1) is 40.4 Å². The summed E-state index contributed by atoms with van der Waals surface area (Å²) in [6.07, 6.45) is -0.395. The summed E-state index contributed by atoms with van der Waals surface area (Å²) >= 11 is 0. The Labute approximate surface area is 201 Å². The monoisotopic (exact) mass is 480 g/mol.